The van der Waals surface area contributed by atoms with Crippen LogP contribution in [0.5, 0.6) is 0 Å². The average Bonchev–Trinajstić information content (AvgIpc) is 2.32. The molecule has 16 heavy (non-hydrogen) atoms. The number of halogens is 1. The molecule has 0 aliphatic rings. The number of aliphatic hydroxyl groups is 1. The number of benzene rings is 1. The van der Waals surface area contributed by atoms with Gasteiger partial charge in [0.2, 0.25) is 0 Å². The van der Waals surface area contributed by atoms with Crippen LogP contribution in [0.3, 0.4) is 0 Å². The van der Waals surface area contributed by atoms with E-state index in [9.17, 15) is 9.50 Å². The topological polar surface area (TPSA) is 20.2 Å². The van der Waals surface area contributed by atoms with Crippen molar-refractivity contribution in [2.75, 3.05) is 0 Å². The van der Waals surface area contributed by atoms with Gasteiger partial charge in [0.1, 0.15) is 11.9 Å². The minimum absolute atomic E-state index is 0.300. The number of rotatable bonds is 3. The van der Waals surface area contributed by atoms with Gasteiger partial charge in [-0.15, -0.1) is 0 Å². The predicted octanol–water partition coefficient (Wildman–Crippen LogP) is 4.02. The fourth-order valence-electron chi connectivity index (χ4n) is 1.19. The van der Waals surface area contributed by atoms with Crippen LogP contribution in [0.15, 0.2) is 48.6 Å². The second kappa shape index (κ2) is 7.83. The summed E-state index contributed by atoms with van der Waals surface area (Å²) < 4.78 is 12.6. The van der Waals surface area contributed by atoms with Crippen LogP contribution in [-0.4, -0.2) is 5.11 Å². The molecule has 0 spiro atoms. The summed E-state index contributed by atoms with van der Waals surface area (Å²) in [4.78, 5) is 0. The Morgan fingerprint density at radius 2 is 1.81 bits per heavy atom. The highest BCUT2D eigenvalue weighted by atomic mass is 19.1. The lowest BCUT2D eigenvalue weighted by Crippen LogP contribution is -1.98. The van der Waals surface area contributed by atoms with Crippen LogP contribution in [0.1, 0.15) is 32.4 Å². The Morgan fingerprint density at radius 1 is 1.31 bits per heavy atom. The van der Waals surface area contributed by atoms with Crippen molar-refractivity contribution in [1.82, 2.24) is 0 Å². The van der Waals surface area contributed by atoms with Crippen molar-refractivity contribution in [3.8, 4) is 0 Å². The average molecular weight is 222 g/mol. The molecule has 1 atom stereocenters. The van der Waals surface area contributed by atoms with Crippen LogP contribution in [-0.2, 0) is 0 Å². The molecule has 1 N–H and O–H groups in total. The monoisotopic (exact) mass is 222 g/mol. The lowest BCUT2D eigenvalue weighted by Gasteiger charge is -2.10. The van der Waals surface area contributed by atoms with Gasteiger partial charge in [0.15, 0.2) is 0 Å². The summed E-state index contributed by atoms with van der Waals surface area (Å²) in [5, 5.41) is 9.77. The molecule has 0 bridgehead atoms. The summed E-state index contributed by atoms with van der Waals surface area (Å²) in [5.74, 6) is -0.300. The maximum atomic E-state index is 12.6. The highest BCUT2D eigenvalue weighted by molar-refractivity contribution is 5.26. The minimum atomic E-state index is -0.686. The molecule has 88 valence electrons. The van der Waals surface area contributed by atoms with E-state index in [0.29, 0.717) is 5.56 Å². The maximum Gasteiger partial charge on any atom is 0.123 e. The molecule has 0 aliphatic carbocycles. The van der Waals surface area contributed by atoms with E-state index in [2.05, 4.69) is 6.58 Å². The zero-order valence-corrected chi connectivity index (χ0v) is 10.1. The fourth-order valence-corrected chi connectivity index (χ4v) is 1.19. The van der Waals surface area contributed by atoms with Gasteiger partial charge in [-0.25, -0.2) is 4.39 Å². The zero-order valence-electron chi connectivity index (χ0n) is 10.1. The van der Waals surface area contributed by atoms with Gasteiger partial charge in [-0.2, -0.15) is 0 Å². The molecule has 1 aromatic rings. The van der Waals surface area contributed by atoms with Gasteiger partial charge < -0.3 is 5.11 Å². The first kappa shape index (κ1) is 14.6. The van der Waals surface area contributed by atoms with Crippen molar-refractivity contribution in [2.45, 2.75) is 26.9 Å². The molecule has 0 amide bonds. The Morgan fingerprint density at radius 3 is 2.25 bits per heavy atom. The van der Waals surface area contributed by atoms with E-state index in [4.69, 9.17) is 0 Å². The molecule has 1 aromatic carbocycles. The lowest BCUT2D eigenvalue weighted by molar-refractivity contribution is 0.215. The van der Waals surface area contributed by atoms with E-state index in [1.54, 1.807) is 31.2 Å². The summed E-state index contributed by atoms with van der Waals surface area (Å²) in [5.41, 5.74) is 1.47. The Bertz CT molecular complexity index is 338. The molecule has 1 nitrogen and oxygen atoms in total. The van der Waals surface area contributed by atoms with Gasteiger partial charge in [-0.3, -0.25) is 0 Å². The van der Waals surface area contributed by atoms with Crippen molar-refractivity contribution in [1.29, 1.82) is 0 Å². The number of hydrogen-bond acceptors (Lipinski definition) is 1. The van der Waals surface area contributed by atoms with E-state index >= 15 is 0 Å². The molecule has 1 rings (SSSR count). The Labute approximate surface area is 96.9 Å². The van der Waals surface area contributed by atoms with E-state index in [-0.39, 0.29) is 5.82 Å². The van der Waals surface area contributed by atoms with Gasteiger partial charge in [0, 0.05) is 0 Å². The minimum Gasteiger partial charge on any atom is -0.384 e. The molecule has 1 unspecified atom stereocenters. The van der Waals surface area contributed by atoms with Crippen LogP contribution < -0.4 is 0 Å². The quantitative estimate of drug-likeness (QED) is 0.766. The van der Waals surface area contributed by atoms with Gasteiger partial charge in [-0.05, 0) is 30.2 Å². The first-order valence-corrected chi connectivity index (χ1v) is 5.38. The second-order valence-electron chi connectivity index (χ2n) is 3.10. The maximum absolute atomic E-state index is 12.6. The third-order valence-electron chi connectivity index (χ3n) is 2.00. The summed E-state index contributed by atoms with van der Waals surface area (Å²) in [6, 6.07) is 5.81. The Kier molecular flexibility index (Phi) is 7.14. The fraction of sp³-hybridized carbons (Fsp3) is 0.286. The molecule has 0 heterocycles. The molecule has 2 heteroatoms. The molecular formula is C14H19FO. The van der Waals surface area contributed by atoms with Crippen LogP contribution in [0.4, 0.5) is 4.39 Å². The molecular weight excluding hydrogens is 203 g/mol. The van der Waals surface area contributed by atoms with Crippen LogP contribution in [0.2, 0.25) is 0 Å². The largest absolute Gasteiger partial charge is 0.384 e. The highest BCUT2D eigenvalue weighted by Crippen LogP contribution is 2.20. The van der Waals surface area contributed by atoms with Crippen molar-refractivity contribution in [2.24, 2.45) is 0 Å². The van der Waals surface area contributed by atoms with E-state index < -0.39 is 6.10 Å². The van der Waals surface area contributed by atoms with Crippen molar-refractivity contribution in [3.63, 3.8) is 0 Å². The standard InChI is InChI=1S/C12H13FO.C2H6/c1-3-4-9(2)12(14)10-5-7-11(13)8-6-10;1-2/h3-8,12,14H,1H2,2H3;1-2H3/b9-4+;. The molecule has 0 fully saturated rings. The van der Waals surface area contributed by atoms with Crippen molar-refractivity contribution < 1.29 is 9.50 Å². The van der Waals surface area contributed by atoms with Gasteiger partial charge >= 0.3 is 0 Å². The third kappa shape index (κ3) is 4.41. The first-order chi connectivity index (χ1) is 7.65. The Balaban J connectivity index is 0.00000106. The molecule has 0 aromatic heterocycles. The zero-order chi connectivity index (χ0) is 12.6. The summed E-state index contributed by atoms with van der Waals surface area (Å²) in [6.07, 6.45) is 2.66. The normalized spacial score (nSPS) is 12.4. The molecule has 0 aliphatic heterocycles. The number of hydrogen-bond donors (Lipinski definition) is 1. The molecule has 0 saturated heterocycles. The predicted molar refractivity (Wildman–Crippen MR) is 66.7 cm³/mol. The van der Waals surface area contributed by atoms with Gasteiger partial charge in [0.05, 0.1) is 0 Å². The van der Waals surface area contributed by atoms with E-state index in [1.165, 1.54) is 12.1 Å². The lowest BCUT2D eigenvalue weighted by atomic mass is 10.0. The van der Waals surface area contributed by atoms with Crippen LogP contribution in [0.25, 0.3) is 0 Å². The van der Waals surface area contributed by atoms with Crippen LogP contribution in [0, 0.1) is 5.82 Å². The third-order valence-corrected chi connectivity index (χ3v) is 2.00. The van der Waals surface area contributed by atoms with Gasteiger partial charge in [0.25, 0.3) is 0 Å². The SMILES string of the molecule is C=C/C=C(\C)C(O)c1ccc(F)cc1.CC. The number of aliphatic hydroxyl groups excluding tert-OH is 1. The van der Waals surface area contributed by atoms with Gasteiger partial charge in [-0.1, -0.05) is 44.7 Å². The Hall–Kier alpha value is -1.41. The van der Waals surface area contributed by atoms with Crippen molar-refractivity contribution in [3.05, 3.63) is 60.0 Å². The molecule has 0 radical (unpaired) electrons. The number of allylic oxidation sites excluding steroid dienone is 2. The summed E-state index contributed by atoms with van der Waals surface area (Å²) >= 11 is 0. The smallest absolute Gasteiger partial charge is 0.123 e. The summed E-state index contributed by atoms with van der Waals surface area (Å²) in [6.45, 7) is 9.34. The second-order valence-corrected chi connectivity index (χ2v) is 3.10. The molecule has 0 saturated carbocycles. The van der Waals surface area contributed by atoms with Crippen LogP contribution >= 0.6 is 0 Å². The first-order valence-electron chi connectivity index (χ1n) is 5.38. The van der Waals surface area contributed by atoms with Crippen molar-refractivity contribution >= 4 is 0 Å². The summed E-state index contributed by atoms with van der Waals surface area (Å²) in [7, 11) is 0. The van der Waals surface area contributed by atoms with E-state index in [0.717, 1.165) is 5.57 Å². The highest BCUT2D eigenvalue weighted by Gasteiger charge is 2.08. The van der Waals surface area contributed by atoms with E-state index in [1.807, 2.05) is 13.8 Å².